The van der Waals surface area contributed by atoms with Crippen molar-refractivity contribution >= 4 is 32.7 Å². The molecule has 7 heteroatoms. The summed E-state index contributed by atoms with van der Waals surface area (Å²) in [5.41, 5.74) is 1.91. The van der Waals surface area contributed by atoms with Crippen molar-refractivity contribution in [2.45, 2.75) is 32.7 Å². The zero-order valence-corrected chi connectivity index (χ0v) is 12.8. The van der Waals surface area contributed by atoms with Gasteiger partial charge in [0.1, 0.15) is 0 Å². The van der Waals surface area contributed by atoms with Crippen LogP contribution >= 0.6 is 11.3 Å². The number of anilines is 1. The molecule has 0 saturated carbocycles. The predicted molar refractivity (Wildman–Crippen MR) is 80.0 cm³/mol. The number of hydrogen-bond acceptors (Lipinski definition) is 5. The second-order valence-electron chi connectivity index (χ2n) is 5.27. The minimum Gasteiger partial charge on any atom is -0.356 e. The first-order chi connectivity index (χ1) is 9.58. The number of thiazole rings is 1. The fourth-order valence-corrected chi connectivity index (χ4v) is 3.68. The molecule has 0 aromatic carbocycles. The lowest BCUT2D eigenvalue weighted by molar-refractivity contribution is -0.127. The van der Waals surface area contributed by atoms with Gasteiger partial charge in [0.2, 0.25) is 5.91 Å². The highest BCUT2D eigenvalue weighted by molar-refractivity contribution is 7.22. The molecule has 1 saturated heterocycles. The van der Waals surface area contributed by atoms with Gasteiger partial charge in [-0.05, 0) is 13.3 Å². The Labute approximate surface area is 121 Å². The molecule has 3 rings (SSSR count). The standard InChI is InChI=1S/C13H19N5OS/c1-4-5-18-7-9(6-10(18)19)14-13-15-12-11(20-13)8(2)16-17(12)3/h9H,4-7H2,1-3H3,(H,14,15)/t9-/m0/s1. The van der Waals surface area contributed by atoms with Crippen LogP contribution in [-0.2, 0) is 11.8 Å². The highest BCUT2D eigenvalue weighted by Gasteiger charge is 2.29. The summed E-state index contributed by atoms with van der Waals surface area (Å²) in [6.07, 6.45) is 1.57. The molecule has 0 radical (unpaired) electrons. The molecular weight excluding hydrogens is 274 g/mol. The van der Waals surface area contributed by atoms with Crippen LogP contribution in [0.1, 0.15) is 25.5 Å². The first-order valence-corrected chi connectivity index (χ1v) is 7.74. The molecule has 1 N–H and O–H groups in total. The Balaban J connectivity index is 1.74. The topological polar surface area (TPSA) is 63.0 Å². The van der Waals surface area contributed by atoms with Gasteiger partial charge < -0.3 is 10.2 Å². The lowest BCUT2D eigenvalue weighted by Gasteiger charge is -2.15. The van der Waals surface area contributed by atoms with E-state index < -0.39 is 0 Å². The van der Waals surface area contributed by atoms with Crippen molar-refractivity contribution in [1.82, 2.24) is 19.7 Å². The number of nitrogens with zero attached hydrogens (tertiary/aromatic N) is 4. The maximum Gasteiger partial charge on any atom is 0.224 e. The van der Waals surface area contributed by atoms with E-state index in [0.717, 1.165) is 40.7 Å². The van der Waals surface area contributed by atoms with Gasteiger partial charge in [-0.15, -0.1) is 0 Å². The Hall–Kier alpha value is -1.63. The van der Waals surface area contributed by atoms with Crippen molar-refractivity contribution in [2.75, 3.05) is 18.4 Å². The molecule has 108 valence electrons. The third-order valence-electron chi connectivity index (χ3n) is 3.58. The number of hydrogen-bond donors (Lipinski definition) is 1. The van der Waals surface area contributed by atoms with Crippen molar-refractivity contribution < 1.29 is 4.79 Å². The number of aromatic nitrogens is 3. The van der Waals surface area contributed by atoms with E-state index >= 15 is 0 Å². The average molecular weight is 293 g/mol. The number of carbonyl (C=O) groups is 1. The second-order valence-corrected chi connectivity index (χ2v) is 6.26. The van der Waals surface area contributed by atoms with E-state index in [1.165, 1.54) is 0 Å². The molecule has 20 heavy (non-hydrogen) atoms. The van der Waals surface area contributed by atoms with E-state index in [2.05, 4.69) is 22.3 Å². The monoisotopic (exact) mass is 293 g/mol. The Morgan fingerprint density at radius 3 is 3.00 bits per heavy atom. The van der Waals surface area contributed by atoms with Crippen LogP contribution in [0.2, 0.25) is 0 Å². The third kappa shape index (κ3) is 2.26. The molecule has 1 fully saturated rings. The second kappa shape index (κ2) is 5.05. The summed E-state index contributed by atoms with van der Waals surface area (Å²) in [5, 5.41) is 8.62. The first-order valence-electron chi connectivity index (χ1n) is 6.93. The zero-order valence-electron chi connectivity index (χ0n) is 12.0. The number of amides is 1. The van der Waals surface area contributed by atoms with Crippen LogP contribution < -0.4 is 5.32 Å². The third-order valence-corrected chi connectivity index (χ3v) is 4.66. The molecule has 3 heterocycles. The first kappa shape index (κ1) is 13.4. The Kier molecular flexibility index (Phi) is 3.37. The maximum atomic E-state index is 11.9. The molecule has 0 bridgehead atoms. The molecule has 1 atom stereocenters. The lowest BCUT2D eigenvalue weighted by atomic mass is 10.3. The quantitative estimate of drug-likeness (QED) is 0.933. The van der Waals surface area contributed by atoms with E-state index in [-0.39, 0.29) is 11.9 Å². The van der Waals surface area contributed by atoms with Gasteiger partial charge in [-0.1, -0.05) is 18.3 Å². The van der Waals surface area contributed by atoms with Gasteiger partial charge in [-0.3, -0.25) is 4.79 Å². The highest BCUT2D eigenvalue weighted by Crippen LogP contribution is 2.29. The number of fused-ring (bicyclic) bond motifs is 1. The molecular formula is C13H19N5OS. The minimum absolute atomic E-state index is 0.169. The number of carbonyl (C=O) groups excluding carboxylic acids is 1. The SMILES string of the molecule is CCCN1C[C@@H](Nc2nc3c(s2)c(C)nn3C)CC1=O. The van der Waals surface area contributed by atoms with Crippen LogP contribution in [0.3, 0.4) is 0 Å². The van der Waals surface area contributed by atoms with Gasteiger partial charge in [0.05, 0.1) is 16.4 Å². The Morgan fingerprint density at radius 1 is 1.50 bits per heavy atom. The molecule has 6 nitrogen and oxygen atoms in total. The van der Waals surface area contributed by atoms with E-state index in [1.807, 2.05) is 18.9 Å². The number of aryl methyl sites for hydroxylation is 2. The van der Waals surface area contributed by atoms with Gasteiger partial charge in [0, 0.05) is 26.6 Å². The maximum absolute atomic E-state index is 11.9. The van der Waals surface area contributed by atoms with Crippen molar-refractivity contribution in [3.05, 3.63) is 5.69 Å². The van der Waals surface area contributed by atoms with Crippen molar-refractivity contribution in [2.24, 2.45) is 7.05 Å². The summed E-state index contributed by atoms with van der Waals surface area (Å²) in [6, 6.07) is 0.169. The van der Waals surface area contributed by atoms with Gasteiger partial charge in [0.25, 0.3) is 0 Å². The van der Waals surface area contributed by atoms with Crippen LogP contribution in [0.4, 0.5) is 5.13 Å². The normalized spacial score (nSPS) is 19.2. The Bertz CT molecular complexity index is 612. The van der Waals surface area contributed by atoms with Crippen molar-refractivity contribution in [3.8, 4) is 0 Å². The smallest absolute Gasteiger partial charge is 0.224 e. The van der Waals surface area contributed by atoms with Crippen LogP contribution in [0.5, 0.6) is 0 Å². The molecule has 1 aliphatic rings. The van der Waals surface area contributed by atoms with Gasteiger partial charge in [-0.25, -0.2) is 9.67 Å². The summed E-state index contributed by atoms with van der Waals surface area (Å²) < 4.78 is 2.92. The van der Waals surface area contributed by atoms with E-state index in [1.54, 1.807) is 16.0 Å². The summed E-state index contributed by atoms with van der Waals surface area (Å²) in [7, 11) is 1.90. The van der Waals surface area contributed by atoms with Crippen LogP contribution in [0, 0.1) is 6.92 Å². The van der Waals surface area contributed by atoms with Crippen LogP contribution in [0.15, 0.2) is 0 Å². The van der Waals surface area contributed by atoms with Crippen LogP contribution in [-0.4, -0.2) is 44.7 Å². The lowest BCUT2D eigenvalue weighted by Crippen LogP contribution is -2.28. The molecule has 0 spiro atoms. The fraction of sp³-hybridized carbons (Fsp3) is 0.615. The van der Waals surface area contributed by atoms with Crippen molar-refractivity contribution in [1.29, 1.82) is 0 Å². The molecule has 0 unspecified atom stereocenters. The summed E-state index contributed by atoms with van der Waals surface area (Å²) >= 11 is 1.61. The zero-order chi connectivity index (χ0) is 14.3. The number of nitrogens with one attached hydrogen (secondary N) is 1. The summed E-state index contributed by atoms with van der Waals surface area (Å²) in [5.74, 6) is 0.239. The average Bonchev–Trinajstić information content (AvgIpc) is 3.01. The number of rotatable bonds is 4. The molecule has 2 aromatic heterocycles. The summed E-state index contributed by atoms with van der Waals surface area (Å²) in [6.45, 7) is 5.71. The van der Waals surface area contributed by atoms with Gasteiger partial charge >= 0.3 is 0 Å². The molecule has 1 aliphatic heterocycles. The fourth-order valence-electron chi connectivity index (χ4n) is 2.68. The van der Waals surface area contributed by atoms with Crippen LogP contribution in [0.25, 0.3) is 10.3 Å². The predicted octanol–water partition coefficient (Wildman–Crippen LogP) is 1.76. The van der Waals surface area contributed by atoms with Gasteiger partial charge in [0.15, 0.2) is 10.8 Å². The minimum atomic E-state index is 0.169. The number of likely N-dealkylation sites (tertiary alicyclic amines) is 1. The highest BCUT2D eigenvalue weighted by atomic mass is 32.1. The molecule has 1 amide bonds. The molecule has 0 aliphatic carbocycles. The molecule has 2 aromatic rings. The largest absolute Gasteiger partial charge is 0.356 e. The van der Waals surface area contributed by atoms with E-state index in [9.17, 15) is 4.79 Å². The van der Waals surface area contributed by atoms with Gasteiger partial charge in [-0.2, -0.15) is 5.10 Å². The summed E-state index contributed by atoms with van der Waals surface area (Å²) in [4.78, 5) is 18.3. The van der Waals surface area contributed by atoms with E-state index in [0.29, 0.717) is 6.42 Å². The van der Waals surface area contributed by atoms with Crippen molar-refractivity contribution in [3.63, 3.8) is 0 Å². The van der Waals surface area contributed by atoms with E-state index in [4.69, 9.17) is 0 Å². The Morgan fingerprint density at radius 2 is 2.30 bits per heavy atom.